The summed E-state index contributed by atoms with van der Waals surface area (Å²) in [4.78, 5) is 1.09. The van der Waals surface area contributed by atoms with Crippen LogP contribution in [0.5, 0.6) is 0 Å². The molecule has 44 valence electrons. The molecule has 0 aliphatic rings. The van der Waals surface area contributed by atoms with E-state index in [2.05, 4.69) is 12.3 Å². The second kappa shape index (κ2) is 5.41. The fourth-order valence-electron chi connectivity index (χ4n) is 0.467. The third kappa shape index (κ3) is 3.35. The van der Waals surface area contributed by atoms with E-state index in [-0.39, 0.29) is 31.1 Å². The first-order valence-corrected chi connectivity index (χ1v) is 3.31. The second-order valence-corrected chi connectivity index (χ2v) is 2.10. The zero-order valence-electron chi connectivity index (χ0n) is 4.92. The van der Waals surface area contributed by atoms with E-state index < -0.39 is 0 Å². The van der Waals surface area contributed by atoms with Crippen LogP contribution in [0.3, 0.4) is 0 Å². The SMILES string of the molecule is [CH2-]Sc1[c-]cccc1.[U+2]. The Hall–Kier alpha value is 0.622. The molecule has 1 aromatic rings. The van der Waals surface area contributed by atoms with Gasteiger partial charge in [-0.1, -0.05) is 0 Å². The van der Waals surface area contributed by atoms with Gasteiger partial charge in [-0.25, -0.2) is 0 Å². The molecule has 0 unspecified atom stereocenters. The van der Waals surface area contributed by atoms with Crippen molar-refractivity contribution in [2.45, 2.75) is 4.90 Å². The van der Waals surface area contributed by atoms with Gasteiger partial charge in [0.2, 0.25) is 0 Å². The number of thioether (sulfide) groups is 1. The summed E-state index contributed by atoms with van der Waals surface area (Å²) in [6, 6.07) is 10.8. The summed E-state index contributed by atoms with van der Waals surface area (Å²) in [6.07, 6.45) is 3.64. The molecular formula is C7H6SU. The molecule has 0 aliphatic carbocycles. The summed E-state index contributed by atoms with van der Waals surface area (Å²) in [5, 5.41) is 0. The Balaban J connectivity index is 0.000000640. The minimum atomic E-state index is 0. The minimum absolute atomic E-state index is 0. The normalized spacial score (nSPS) is 8.11. The third-order valence-electron chi connectivity index (χ3n) is 0.836. The maximum Gasteiger partial charge on any atom is 2.00 e. The summed E-state index contributed by atoms with van der Waals surface area (Å²) in [5.41, 5.74) is 0. The van der Waals surface area contributed by atoms with Crippen molar-refractivity contribution in [3.63, 3.8) is 0 Å². The quantitative estimate of drug-likeness (QED) is 0.548. The molecule has 0 nitrogen and oxygen atoms in total. The summed E-state index contributed by atoms with van der Waals surface area (Å²) < 4.78 is 0. The van der Waals surface area contributed by atoms with Gasteiger partial charge in [0, 0.05) is 0 Å². The first-order valence-electron chi connectivity index (χ1n) is 2.32. The molecule has 0 amide bonds. The molecule has 0 N–H and O–H groups in total. The van der Waals surface area contributed by atoms with E-state index >= 15 is 0 Å². The molecule has 1 rings (SSSR count). The monoisotopic (exact) mass is 360 g/mol. The van der Waals surface area contributed by atoms with Crippen LogP contribution in [0, 0.1) is 43.4 Å². The van der Waals surface area contributed by atoms with Crippen LogP contribution in [-0.4, -0.2) is 0 Å². The summed E-state index contributed by atoms with van der Waals surface area (Å²) in [5.74, 6) is 0. The fraction of sp³-hybridized carbons (Fsp3) is 0. The summed E-state index contributed by atoms with van der Waals surface area (Å²) >= 11 is 1.46. The van der Waals surface area contributed by atoms with Crippen LogP contribution in [0.25, 0.3) is 0 Å². The van der Waals surface area contributed by atoms with Gasteiger partial charge in [0.25, 0.3) is 0 Å². The molecule has 0 bridgehead atoms. The molecule has 0 atom stereocenters. The first-order chi connectivity index (χ1) is 3.93. The Kier molecular flexibility index (Phi) is 5.78. The van der Waals surface area contributed by atoms with Crippen molar-refractivity contribution in [2.24, 2.45) is 0 Å². The maximum absolute atomic E-state index is 3.64. The van der Waals surface area contributed by atoms with Crippen molar-refractivity contribution < 1.29 is 31.1 Å². The Labute approximate surface area is 83.8 Å². The molecule has 0 aromatic heterocycles. The van der Waals surface area contributed by atoms with Crippen molar-refractivity contribution in [2.75, 3.05) is 0 Å². The Morgan fingerprint density at radius 1 is 1.44 bits per heavy atom. The van der Waals surface area contributed by atoms with Gasteiger partial charge in [-0.3, -0.25) is 6.26 Å². The predicted molar refractivity (Wildman–Crippen MR) is 36.5 cm³/mol. The van der Waals surface area contributed by atoms with Gasteiger partial charge >= 0.3 is 31.1 Å². The van der Waals surface area contributed by atoms with Gasteiger partial charge in [-0.15, -0.1) is 4.90 Å². The summed E-state index contributed by atoms with van der Waals surface area (Å²) in [7, 11) is 0. The first kappa shape index (κ1) is 9.62. The average molecular weight is 360 g/mol. The van der Waals surface area contributed by atoms with E-state index in [1.165, 1.54) is 11.8 Å². The molecular weight excluding hydrogens is 354 g/mol. The zero-order chi connectivity index (χ0) is 5.82. The van der Waals surface area contributed by atoms with Crippen LogP contribution in [0.4, 0.5) is 0 Å². The molecule has 1 aromatic carbocycles. The Morgan fingerprint density at radius 2 is 2.22 bits per heavy atom. The fourth-order valence-corrected chi connectivity index (χ4v) is 0.793. The van der Waals surface area contributed by atoms with Gasteiger partial charge in [-0.2, -0.15) is 30.3 Å². The molecule has 0 saturated carbocycles. The Bertz CT molecular complexity index is 150. The van der Waals surface area contributed by atoms with Crippen molar-refractivity contribution in [1.29, 1.82) is 0 Å². The van der Waals surface area contributed by atoms with Gasteiger partial charge in [0.1, 0.15) is 0 Å². The molecule has 9 heavy (non-hydrogen) atoms. The van der Waals surface area contributed by atoms with Crippen molar-refractivity contribution in [3.8, 4) is 0 Å². The molecule has 0 fully saturated rings. The molecule has 0 aliphatic heterocycles. The van der Waals surface area contributed by atoms with E-state index in [0.29, 0.717) is 0 Å². The number of benzene rings is 1. The van der Waals surface area contributed by atoms with Crippen molar-refractivity contribution in [1.82, 2.24) is 0 Å². The van der Waals surface area contributed by atoms with Gasteiger partial charge < -0.3 is 11.8 Å². The van der Waals surface area contributed by atoms with E-state index in [1.54, 1.807) is 0 Å². The van der Waals surface area contributed by atoms with Crippen LogP contribution in [0.15, 0.2) is 29.2 Å². The summed E-state index contributed by atoms with van der Waals surface area (Å²) in [6.45, 7) is 0. The molecule has 0 saturated heterocycles. The van der Waals surface area contributed by atoms with Crippen molar-refractivity contribution >= 4 is 11.8 Å². The topological polar surface area (TPSA) is 0 Å². The van der Waals surface area contributed by atoms with Crippen LogP contribution in [0.1, 0.15) is 0 Å². The molecule has 0 radical (unpaired) electrons. The zero-order valence-corrected chi connectivity index (χ0v) is 9.90. The van der Waals surface area contributed by atoms with Gasteiger partial charge in [0.05, 0.1) is 0 Å². The molecule has 0 heterocycles. The smallest absolute Gasteiger partial charge is 0.345 e. The van der Waals surface area contributed by atoms with E-state index in [0.717, 1.165) is 4.90 Å². The van der Waals surface area contributed by atoms with Gasteiger partial charge in [0.15, 0.2) is 0 Å². The molecule has 2 heteroatoms. The second-order valence-electron chi connectivity index (χ2n) is 1.37. The molecule has 0 spiro atoms. The predicted octanol–water partition coefficient (Wildman–Crippen LogP) is 2.37. The van der Waals surface area contributed by atoms with E-state index in [9.17, 15) is 0 Å². The van der Waals surface area contributed by atoms with Crippen LogP contribution >= 0.6 is 11.8 Å². The minimum Gasteiger partial charge on any atom is -0.345 e. The average Bonchev–Trinajstić information content (AvgIpc) is 1.90. The largest absolute Gasteiger partial charge is 2.00 e. The van der Waals surface area contributed by atoms with Crippen LogP contribution < -0.4 is 0 Å². The number of hydrogen-bond acceptors (Lipinski definition) is 1. The van der Waals surface area contributed by atoms with E-state index in [4.69, 9.17) is 0 Å². The van der Waals surface area contributed by atoms with Crippen LogP contribution in [-0.2, 0) is 0 Å². The maximum atomic E-state index is 3.64. The third-order valence-corrected chi connectivity index (χ3v) is 1.40. The number of hydrogen-bond donors (Lipinski definition) is 0. The number of rotatable bonds is 1. The van der Waals surface area contributed by atoms with E-state index in [1.807, 2.05) is 24.3 Å². The Morgan fingerprint density at radius 3 is 2.56 bits per heavy atom. The van der Waals surface area contributed by atoms with Crippen LogP contribution in [0.2, 0.25) is 0 Å². The standard InChI is InChI=1S/C7H6S.U/c1-8-7-5-3-2-4-6-7;/h2-5H,1H2;/q-2;+2. The van der Waals surface area contributed by atoms with Gasteiger partial charge in [-0.05, 0) is 0 Å². The van der Waals surface area contributed by atoms with Crippen molar-refractivity contribution in [3.05, 3.63) is 36.6 Å².